The van der Waals surface area contributed by atoms with Crippen molar-refractivity contribution in [3.05, 3.63) is 101 Å². The summed E-state index contributed by atoms with van der Waals surface area (Å²) in [7, 11) is 0. The van der Waals surface area contributed by atoms with Gasteiger partial charge in [0, 0.05) is 31.8 Å². The smallest absolute Gasteiger partial charge is 0.278 e. The van der Waals surface area contributed by atoms with E-state index in [2.05, 4.69) is 10.3 Å². The molecule has 5 heteroatoms. The molecule has 0 saturated heterocycles. The van der Waals surface area contributed by atoms with Crippen LogP contribution in [0.5, 0.6) is 0 Å². The number of hydrogen-bond acceptors (Lipinski definition) is 2. The Morgan fingerprint density at radius 3 is 2.30 bits per heavy atom. The van der Waals surface area contributed by atoms with Crippen molar-refractivity contribution in [2.24, 2.45) is 4.99 Å². The van der Waals surface area contributed by atoms with Crippen molar-refractivity contribution in [2.45, 2.75) is 20.0 Å². The number of aromatic nitrogens is 1. The number of nitrogens with zero attached hydrogens (tertiary/aromatic N) is 2. The van der Waals surface area contributed by atoms with Crippen molar-refractivity contribution >= 4 is 11.8 Å². The van der Waals surface area contributed by atoms with Crippen LogP contribution in [0.15, 0.2) is 84.0 Å². The van der Waals surface area contributed by atoms with E-state index in [1.165, 1.54) is 6.92 Å². The summed E-state index contributed by atoms with van der Waals surface area (Å²) in [6.45, 7) is 2.56. The second-order valence-corrected chi connectivity index (χ2v) is 6.20. The highest BCUT2D eigenvalue weighted by atomic mass is 16.1. The van der Waals surface area contributed by atoms with E-state index in [1.54, 1.807) is 12.1 Å². The molecule has 0 bridgehead atoms. The molecule has 3 aromatic rings. The normalized spacial score (nSPS) is 11.2. The summed E-state index contributed by atoms with van der Waals surface area (Å²) in [5, 5.41) is 2.73. The Balaban J connectivity index is 1.80. The first-order valence-electron chi connectivity index (χ1n) is 8.73. The van der Waals surface area contributed by atoms with E-state index in [-0.39, 0.29) is 11.8 Å². The second-order valence-electron chi connectivity index (χ2n) is 6.20. The highest BCUT2D eigenvalue weighted by molar-refractivity contribution is 5.94. The van der Waals surface area contributed by atoms with Crippen LogP contribution in [-0.2, 0) is 17.9 Å². The predicted molar refractivity (Wildman–Crippen MR) is 104 cm³/mol. The lowest BCUT2D eigenvalue weighted by Gasteiger charge is -2.07. The highest BCUT2D eigenvalue weighted by Crippen LogP contribution is 2.06. The van der Waals surface area contributed by atoms with Gasteiger partial charge in [0.15, 0.2) is 0 Å². The van der Waals surface area contributed by atoms with Crippen LogP contribution in [0.2, 0.25) is 0 Å². The predicted octanol–water partition coefficient (Wildman–Crippen LogP) is 2.91. The zero-order valence-electron chi connectivity index (χ0n) is 15.1. The monoisotopic (exact) mass is 359 g/mol. The quantitative estimate of drug-likeness (QED) is 0.761. The van der Waals surface area contributed by atoms with E-state index in [4.69, 9.17) is 0 Å². The molecule has 0 unspecified atom stereocenters. The Morgan fingerprint density at radius 2 is 1.59 bits per heavy atom. The summed E-state index contributed by atoms with van der Waals surface area (Å²) in [5.74, 6) is -0.383. The third-order valence-corrected chi connectivity index (χ3v) is 4.07. The summed E-state index contributed by atoms with van der Waals surface area (Å²) in [6.07, 6.45) is 1.91. The van der Waals surface area contributed by atoms with Crippen LogP contribution in [0.25, 0.3) is 0 Å². The number of nitrogens with one attached hydrogen (secondary N) is 1. The van der Waals surface area contributed by atoms with Crippen molar-refractivity contribution in [1.82, 2.24) is 9.88 Å². The van der Waals surface area contributed by atoms with Gasteiger partial charge < -0.3 is 9.88 Å². The molecule has 0 atom stereocenters. The minimum absolute atomic E-state index is 0.0859. The van der Waals surface area contributed by atoms with Gasteiger partial charge in [-0.15, -0.1) is 0 Å². The molecule has 27 heavy (non-hydrogen) atoms. The molecule has 0 saturated carbocycles. The van der Waals surface area contributed by atoms with Crippen molar-refractivity contribution in [3.63, 3.8) is 0 Å². The van der Waals surface area contributed by atoms with Crippen LogP contribution in [0.1, 0.15) is 28.4 Å². The fourth-order valence-electron chi connectivity index (χ4n) is 2.64. The molecule has 0 aliphatic carbocycles. The van der Waals surface area contributed by atoms with Gasteiger partial charge in [-0.25, -0.2) is 0 Å². The molecule has 0 fully saturated rings. The number of hydrogen-bond donors (Lipinski definition) is 1. The Morgan fingerprint density at radius 1 is 0.889 bits per heavy atom. The van der Waals surface area contributed by atoms with Gasteiger partial charge in [0.2, 0.25) is 5.91 Å². The molecule has 1 aromatic heterocycles. The zero-order valence-corrected chi connectivity index (χ0v) is 15.1. The molecule has 136 valence electrons. The van der Waals surface area contributed by atoms with Crippen molar-refractivity contribution in [1.29, 1.82) is 0 Å². The van der Waals surface area contributed by atoms with Crippen molar-refractivity contribution < 1.29 is 9.59 Å². The highest BCUT2D eigenvalue weighted by Gasteiger charge is 2.05. The van der Waals surface area contributed by atoms with Gasteiger partial charge >= 0.3 is 0 Å². The Labute approximate surface area is 158 Å². The third-order valence-electron chi connectivity index (χ3n) is 4.07. The van der Waals surface area contributed by atoms with Gasteiger partial charge in [0.25, 0.3) is 5.91 Å². The zero-order chi connectivity index (χ0) is 19.1. The minimum atomic E-state index is -0.297. The van der Waals surface area contributed by atoms with Gasteiger partial charge in [-0.05, 0) is 35.4 Å². The van der Waals surface area contributed by atoms with Crippen molar-refractivity contribution in [2.75, 3.05) is 0 Å². The maximum absolute atomic E-state index is 12.5. The van der Waals surface area contributed by atoms with E-state index in [9.17, 15) is 9.59 Å². The molecule has 2 amide bonds. The van der Waals surface area contributed by atoms with E-state index in [0.29, 0.717) is 24.1 Å². The molecule has 1 N–H and O–H groups in total. The molecule has 2 aromatic carbocycles. The molecule has 0 spiro atoms. The number of rotatable bonds is 5. The number of pyridine rings is 1. The fraction of sp³-hybridized carbons (Fsp3) is 0.136. The number of carbonyl (C=O) groups excluding carboxylic acids is 2. The first kappa shape index (κ1) is 18.3. The maximum atomic E-state index is 12.5. The van der Waals surface area contributed by atoms with E-state index in [1.807, 2.05) is 71.4 Å². The van der Waals surface area contributed by atoms with Crippen molar-refractivity contribution in [3.8, 4) is 0 Å². The van der Waals surface area contributed by atoms with Crippen LogP contribution in [0.4, 0.5) is 0 Å². The molecule has 3 rings (SSSR count). The van der Waals surface area contributed by atoms with E-state index < -0.39 is 0 Å². The van der Waals surface area contributed by atoms with Gasteiger partial charge in [0.05, 0.1) is 0 Å². The molecular formula is C22H21N3O2. The van der Waals surface area contributed by atoms with E-state index in [0.717, 1.165) is 11.1 Å². The summed E-state index contributed by atoms with van der Waals surface area (Å²) in [5.41, 5.74) is 3.19. The van der Waals surface area contributed by atoms with Gasteiger partial charge in [-0.2, -0.15) is 4.99 Å². The first-order valence-corrected chi connectivity index (χ1v) is 8.73. The SMILES string of the molecule is CC(=O)NCc1ccc(C(=O)N=c2ccccn2Cc2ccccc2)cc1. The summed E-state index contributed by atoms with van der Waals surface area (Å²) < 4.78 is 1.94. The second kappa shape index (κ2) is 8.76. The summed E-state index contributed by atoms with van der Waals surface area (Å²) in [4.78, 5) is 27.8. The third kappa shape index (κ3) is 5.25. The molecule has 0 aliphatic rings. The average Bonchev–Trinajstić information content (AvgIpc) is 2.69. The average molecular weight is 359 g/mol. The maximum Gasteiger partial charge on any atom is 0.278 e. The number of benzene rings is 2. The van der Waals surface area contributed by atoms with Crippen LogP contribution < -0.4 is 10.8 Å². The first-order chi connectivity index (χ1) is 13.1. The molecule has 0 radical (unpaired) electrons. The van der Waals surface area contributed by atoms with Crippen LogP contribution in [0.3, 0.4) is 0 Å². The standard InChI is InChI=1S/C22H21N3O2/c1-17(26)23-15-18-10-12-20(13-11-18)22(27)24-21-9-5-6-14-25(21)16-19-7-3-2-4-8-19/h2-14H,15-16H2,1H3,(H,23,26). The Kier molecular flexibility index (Phi) is 5.94. The van der Waals surface area contributed by atoms with Crippen LogP contribution >= 0.6 is 0 Å². The Hall–Kier alpha value is -3.47. The number of carbonyl (C=O) groups is 2. The fourth-order valence-corrected chi connectivity index (χ4v) is 2.64. The van der Waals surface area contributed by atoms with E-state index >= 15 is 0 Å². The van der Waals surface area contributed by atoms with Gasteiger partial charge in [-0.3, -0.25) is 9.59 Å². The number of amides is 2. The Bertz CT molecular complexity index is 990. The molecular weight excluding hydrogens is 338 g/mol. The molecule has 0 aliphatic heterocycles. The lowest BCUT2D eigenvalue weighted by Crippen LogP contribution is -2.22. The minimum Gasteiger partial charge on any atom is -0.352 e. The molecule has 5 nitrogen and oxygen atoms in total. The largest absolute Gasteiger partial charge is 0.352 e. The summed E-state index contributed by atoms with van der Waals surface area (Å²) in [6, 6.07) is 22.7. The van der Waals surface area contributed by atoms with Gasteiger partial charge in [0.1, 0.15) is 5.49 Å². The summed E-state index contributed by atoms with van der Waals surface area (Å²) >= 11 is 0. The van der Waals surface area contributed by atoms with Gasteiger partial charge in [-0.1, -0.05) is 48.5 Å². The lowest BCUT2D eigenvalue weighted by molar-refractivity contribution is -0.119. The topological polar surface area (TPSA) is 63.5 Å². The molecule has 1 heterocycles. The van der Waals surface area contributed by atoms with Crippen LogP contribution in [0, 0.1) is 0 Å². The van der Waals surface area contributed by atoms with Crippen LogP contribution in [-0.4, -0.2) is 16.4 Å². The lowest BCUT2D eigenvalue weighted by atomic mass is 10.1.